The van der Waals surface area contributed by atoms with Crippen molar-refractivity contribution < 1.29 is 5.11 Å². The van der Waals surface area contributed by atoms with E-state index in [1.165, 1.54) is 0 Å². The molecule has 0 aromatic carbocycles. The fourth-order valence-electron chi connectivity index (χ4n) is 1.52. The van der Waals surface area contributed by atoms with E-state index in [0.29, 0.717) is 23.2 Å². The topological polar surface area (TPSA) is 70.1 Å². The molecule has 0 saturated carbocycles. The van der Waals surface area contributed by atoms with Crippen LogP contribution in [0, 0.1) is 0 Å². The number of nitrogens with one attached hydrogen (secondary N) is 2. The van der Waals surface area contributed by atoms with Gasteiger partial charge in [-0.3, -0.25) is 0 Å². The molecule has 6 heteroatoms. The molecule has 0 aliphatic heterocycles. The standard InChI is InChI=1S/C12H21ClN4O/c1-3-6-14-12-15-8-10(13)11(17-12)16-9(4-2)5-7-18/h8-9,18H,3-7H2,1-2H3,(H2,14,15,16,17). The molecule has 0 bridgehead atoms. The van der Waals surface area contributed by atoms with Gasteiger partial charge in [-0.15, -0.1) is 0 Å². The van der Waals surface area contributed by atoms with E-state index in [1.54, 1.807) is 6.20 Å². The van der Waals surface area contributed by atoms with E-state index in [2.05, 4.69) is 34.4 Å². The molecule has 1 aromatic rings. The van der Waals surface area contributed by atoms with Gasteiger partial charge in [0.15, 0.2) is 5.82 Å². The van der Waals surface area contributed by atoms with Gasteiger partial charge >= 0.3 is 0 Å². The third-order valence-electron chi connectivity index (χ3n) is 2.59. The number of anilines is 2. The molecule has 18 heavy (non-hydrogen) atoms. The maximum absolute atomic E-state index is 8.97. The van der Waals surface area contributed by atoms with Gasteiger partial charge in [-0.2, -0.15) is 4.98 Å². The van der Waals surface area contributed by atoms with Gasteiger partial charge in [0, 0.05) is 19.2 Å². The fraction of sp³-hybridized carbons (Fsp3) is 0.667. The van der Waals surface area contributed by atoms with Crippen molar-refractivity contribution in [2.75, 3.05) is 23.8 Å². The smallest absolute Gasteiger partial charge is 0.224 e. The number of aliphatic hydroxyl groups excluding tert-OH is 1. The second kappa shape index (κ2) is 8.11. The zero-order valence-electron chi connectivity index (χ0n) is 10.9. The van der Waals surface area contributed by atoms with E-state index in [0.717, 1.165) is 19.4 Å². The maximum atomic E-state index is 8.97. The lowest BCUT2D eigenvalue weighted by molar-refractivity contribution is 0.278. The van der Waals surface area contributed by atoms with E-state index >= 15 is 0 Å². The van der Waals surface area contributed by atoms with Crippen LogP contribution in [0.1, 0.15) is 33.1 Å². The molecular formula is C12H21ClN4O. The van der Waals surface area contributed by atoms with Crippen molar-refractivity contribution in [3.05, 3.63) is 11.2 Å². The number of nitrogens with zero attached hydrogens (tertiary/aromatic N) is 2. The van der Waals surface area contributed by atoms with Gasteiger partial charge in [0.25, 0.3) is 0 Å². The Hall–Kier alpha value is -1.07. The van der Waals surface area contributed by atoms with Crippen molar-refractivity contribution in [2.24, 2.45) is 0 Å². The minimum atomic E-state index is 0.148. The van der Waals surface area contributed by atoms with E-state index in [1.807, 2.05) is 0 Å². The second-order valence-electron chi connectivity index (χ2n) is 4.08. The zero-order chi connectivity index (χ0) is 13.4. The molecule has 5 nitrogen and oxygen atoms in total. The number of aliphatic hydroxyl groups is 1. The number of aromatic nitrogens is 2. The summed E-state index contributed by atoms with van der Waals surface area (Å²) in [5.74, 6) is 1.19. The average Bonchev–Trinajstić information content (AvgIpc) is 2.38. The van der Waals surface area contributed by atoms with E-state index < -0.39 is 0 Å². The third kappa shape index (κ3) is 4.66. The second-order valence-corrected chi connectivity index (χ2v) is 4.49. The molecular weight excluding hydrogens is 252 g/mol. The van der Waals surface area contributed by atoms with Crippen LogP contribution in [0.25, 0.3) is 0 Å². The van der Waals surface area contributed by atoms with Crippen LogP contribution in [0.2, 0.25) is 5.02 Å². The summed E-state index contributed by atoms with van der Waals surface area (Å²) >= 11 is 6.05. The van der Waals surface area contributed by atoms with Gasteiger partial charge in [0.1, 0.15) is 5.02 Å². The van der Waals surface area contributed by atoms with E-state index in [4.69, 9.17) is 16.7 Å². The number of halogens is 1. The predicted molar refractivity (Wildman–Crippen MR) is 75.2 cm³/mol. The summed E-state index contributed by atoms with van der Waals surface area (Å²) in [5.41, 5.74) is 0. The molecule has 0 radical (unpaired) electrons. The van der Waals surface area contributed by atoms with Gasteiger partial charge in [-0.1, -0.05) is 25.4 Å². The summed E-state index contributed by atoms with van der Waals surface area (Å²) < 4.78 is 0. The first kappa shape index (κ1) is 15.0. The summed E-state index contributed by atoms with van der Waals surface area (Å²) in [5, 5.41) is 15.8. The number of hydrogen-bond donors (Lipinski definition) is 3. The highest BCUT2D eigenvalue weighted by atomic mass is 35.5. The monoisotopic (exact) mass is 272 g/mol. The zero-order valence-corrected chi connectivity index (χ0v) is 11.7. The lowest BCUT2D eigenvalue weighted by Crippen LogP contribution is -2.21. The summed E-state index contributed by atoms with van der Waals surface area (Å²) in [6, 6.07) is 0.168. The Bertz CT molecular complexity index is 362. The first-order valence-electron chi connectivity index (χ1n) is 6.35. The average molecular weight is 273 g/mol. The minimum absolute atomic E-state index is 0.148. The molecule has 3 N–H and O–H groups in total. The molecule has 102 valence electrons. The van der Waals surface area contributed by atoms with Crippen molar-refractivity contribution in [3.63, 3.8) is 0 Å². The summed E-state index contributed by atoms with van der Waals surface area (Å²) in [7, 11) is 0. The maximum Gasteiger partial charge on any atom is 0.224 e. The van der Waals surface area contributed by atoms with Crippen LogP contribution < -0.4 is 10.6 Å². The normalized spacial score (nSPS) is 12.2. The molecule has 0 saturated heterocycles. The SMILES string of the molecule is CCCNc1ncc(Cl)c(NC(CC)CCO)n1. The van der Waals surface area contributed by atoms with Crippen molar-refractivity contribution in [3.8, 4) is 0 Å². The van der Waals surface area contributed by atoms with Crippen molar-refractivity contribution in [1.82, 2.24) is 9.97 Å². The van der Waals surface area contributed by atoms with Crippen LogP contribution in [0.4, 0.5) is 11.8 Å². The minimum Gasteiger partial charge on any atom is -0.396 e. The van der Waals surface area contributed by atoms with Gasteiger partial charge in [0.05, 0.1) is 6.20 Å². The Balaban J connectivity index is 2.73. The highest BCUT2D eigenvalue weighted by Gasteiger charge is 2.10. The highest BCUT2D eigenvalue weighted by Crippen LogP contribution is 2.21. The Morgan fingerprint density at radius 1 is 1.44 bits per heavy atom. The molecule has 1 rings (SSSR count). The quantitative estimate of drug-likeness (QED) is 0.678. The number of hydrogen-bond acceptors (Lipinski definition) is 5. The Morgan fingerprint density at radius 3 is 2.83 bits per heavy atom. The molecule has 0 aliphatic carbocycles. The van der Waals surface area contributed by atoms with Gasteiger partial charge in [-0.25, -0.2) is 4.98 Å². The first-order chi connectivity index (χ1) is 8.71. The highest BCUT2D eigenvalue weighted by molar-refractivity contribution is 6.32. The summed E-state index contributed by atoms with van der Waals surface area (Å²) in [6.45, 7) is 5.11. The van der Waals surface area contributed by atoms with Crippen molar-refractivity contribution in [1.29, 1.82) is 0 Å². The molecule has 0 spiro atoms. The van der Waals surface area contributed by atoms with Crippen LogP contribution in [0.5, 0.6) is 0 Å². The molecule has 1 unspecified atom stereocenters. The Labute approximate surface area is 113 Å². The van der Waals surface area contributed by atoms with Gasteiger partial charge in [0.2, 0.25) is 5.95 Å². The van der Waals surface area contributed by atoms with Crippen LogP contribution in [0.3, 0.4) is 0 Å². The summed E-state index contributed by atoms with van der Waals surface area (Å²) in [6.07, 6.45) is 4.17. The summed E-state index contributed by atoms with van der Waals surface area (Å²) in [4.78, 5) is 8.44. The van der Waals surface area contributed by atoms with E-state index in [-0.39, 0.29) is 12.6 Å². The van der Waals surface area contributed by atoms with Crippen molar-refractivity contribution >= 4 is 23.4 Å². The van der Waals surface area contributed by atoms with Crippen LogP contribution in [-0.2, 0) is 0 Å². The lowest BCUT2D eigenvalue weighted by atomic mass is 10.1. The Kier molecular flexibility index (Phi) is 6.75. The predicted octanol–water partition coefficient (Wildman–Crippen LogP) is 2.52. The van der Waals surface area contributed by atoms with Crippen LogP contribution >= 0.6 is 11.6 Å². The molecule has 1 atom stereocenters. The van der Waals surface area contributed by atoms with Crippen LogP contribution in [-0.4, -0.2) is 34.3 Å². The van der Waals surface area contributed by atoms with Gasteiger partial charge in [-0.05, 0) is 19.3 Å². The lowest BCUT2D eigenvalue weighted by Gasteiger charge is -2.17. The molecule has 0 amide bonds. The van der Waals surface area contributed by atoms with E-state index in [9.17, 15) is 0 Å². The number of rotatable bonds is 8. The Morgan fingerprint density at radius 2 is 2.22 bits per heavy atom. The van der Waals surface area contributed by atoms with Crippen molar-refractivity contribution in [2.45, 2.75) is 39.2 Å². The van der Waals surface area contributed by atoms with Crippen LogP contribution in [0.15, 0.2) is 6.20 Å². The molecule has 1 aromatic heterocycles. The van der Waals surface area contributed by atoms with Gasteiger partial charge < -0.3 is 15.7 Å². The molecule has 1 heterocycles. The third-order valence-corrected chi connectivity index (χ3v) is 2.87. The largest absolute Gasteiger partial charge is 0.396 e. The molecule has 0 aliphatic rings. The first-order valence-corrected chi connectivity index (χ1v) is 6.72. The fourth-order valence-corrected chi connectivity index (χ4v) is 1.66. The molecule has 0 fully saturated rings.